The van der Waals surface area contributed by atoms with E-state index < -0.39 is 0 Å². The van der Waals surface area contributed by atoms with Crippen LogP contribution in [-0.2, 0) is 6.42 Å². The Hall–Kier alpha value is -0.370. The van der Waals surface area contributed by atoms with Gasteiger partial charge in [-0.3, -0.25) is 4.98 Å². The first-order valence-electron chi connectivity index (χ1n) is 7.05. The maximum absolute atomic E-state index is 4.53. The second-order valence-corrected chi connectivity index (χ2v) is 7.50. The molecule has 0 N–H and O–H groups in total. The predicted octanol–water partition coefficient (Wildman–Crippen LogP) is 4.91. The molecule has 0 radical (unpaired) electrons. The second-order valence-electron chi connectivity index (χ2n) is 6.33. The number of alkyl halides is 1. The molecule has 0 aliphatic heterocycles. The molecule has 1 aromatic heterocycles. The molecule has 100 valence electrons. The van der Waals surface area contributed by atoms with Gasteiger partial charge in [-0.1, -0.05) is 48.7 Å². The maximum atomic E-state index is 4.53. The number of hydrogen-bond acceptors (Lipinski definition) is 1. The first kappa shape index (κ1) is 14.0. The van der Waals surface area contributed by atoms with Crippen LogP contribution in [0.3, 0.4) is 0 Å². The average molecular weight is 310 g/mol. The van der Waals surface area contributed by atoms with Gasteiger partial charge in [0, 0.05) is 23.1 Å². The quantitative estimate of drug-likeness (QED) is 0.723. The van der Waals surface area contributed by atoms with Gasteiger partial charge in [-0.05, 0) is 42.7 Å². The molecular formula is C16H24BrN. The van der Waals surface area contributed by atoms with Gasteiger partial charge in [-0.2, -0.15) is 0 Å². The zero-order valence-corrected chi connectivity index (χ0v) is 13.3. The Labute approximate surface area is 120 Å². The van der Waals surface area contributed by atoms with Gasteiger partial charge in [0.15, 0.2) is 0 Å². The van der Waals surface area contributed by atoms with Gasteiger partial charge in [-0.25, -0.2) is 0 Å². The monoisotopic (exact) mass is 309 g/mol. The minimum atomic E-state index is 0.467. The third-order valence-electron chi connectivity index (χ3n) is 4.53. The van der Waals surface area contributed by atoms with Crippen molar-refractivity contribution in [1.82, 2.24) is 4.98 Å². The summed E-state index contributed by atoms with van der Waals surface area (Å²) in [5, 5.41) is 0. The first-order chi connectivity index (χ1) is 8.50. The SMILES string of the molecule is Cc1cccnc1CC(Br)C1CCCCC1(C)C. The van der Waals surface area contributed by atoms with Crippen LogP contribution in [0, 0.1) is 18.3 Å². The van der Waals surface area contributed by atoms with E-state index in [1.54, 1.807) is 0 Å². The molecule has 1 heterocycles. The standard InChI is InChI=1S/C16H24BrN/c1-12-7-6-10-18-15(12)11-14(17)13-8-4-5-9-16(13,2)3/h6-7,10,13-14H,4-5,8-9,11H2,1-3H3. The number of halogens is 1. The summed E-state index contributed by atoms with van der Waals surface area (Å²) in [6, 6.07) is 4.18. The highest BCUT2D eigenvalue weighted by atomic mass is 79.9. The highest BCUT2D eigenvalue weighted by molar-refractivity contribution is 9.09. The molecular weight excluding hydrogens is 286 g/mol. The molecule has 2 unspecified atom stereocenters. The van der Waals surface area contributed by atoms with Crippen molar-refractivity contribution in [2.45, 2.75) is 57.7 Å². The summed E-state index contributed by atoms with van der Waals surface area (Å²) in [4.78, 5) is 5.09. The zero-order valence-electron chi connectivity index (χ0n) is 11.7. The first-order valence-corrected chi connectivity index (χ1v) is 7.97. The molecule has 0 amide bonds. The largest absolute Gasteiger partial charge is 0.261 e. The molecule has 18 heavy (non-hydrogen) atoms. The van der Waals surface area contributed by atoms with Gasteiger partial charge < -0.3 is 0 Å². The second kappa shape index (κ2) is 5.73. The van der Waals surface area contributed by atoms with Crippen molar-refractivity contribution >= 4 is 15.9 Å². The summed E-state index contributed by atoms with van der Waals surface area (Å²) in [5.41, 5.74) is 3.03. The fraction of sp³-hybridized carbons (Fsp3) is 0.688. The highest BCUT2D eigenvalue weighted by Gasteiger charge is 2.36. The molecule has 1 aliphatic carbocycles. The van der Waals surface area contributed by atoms with Gasteiger partial charge in [0.2, 0.25) is 0 Å². The topological polar surface area (TPSA) is 12.9 Å². The van der Waals surface area contributed by atoms with E-state index in [1.807, 2.05) is 12.3 Å². The van der Waals surface area contributed by atoms with E-state index in [2.05, 4.69) is 47.8 Å². The van der Waals surface area contributed by atoms with E-state index >= 15 is 0 Å². The summed E-state index contributed by atoms with van der Waals surface area (Å²) in [6.07, 6.45) is 8.47. The molecule has 0 aromatic carbocycles. The zero-order chi connectivity index (χ0) is 13.2. The molecule has 1 saturated carbocycles. The molecule has 0 saturated heterocycles. The minimum Gasteiger partial charge on any atom is -0.261 e. The van der Waals surface area contributed by atoms with Crippen LogP contribution in [-0.4, -0.2) is 9.81 Å². The predicted molar refractivity (Wildman–Crippen MR) is 81.1 cm³/mol. The lowest BCUT2D eigenvalue weighted by Gasteiger charge is -2.41. The number of hydrogen-bond donors (Lipinski definition) is 0. The van der Waals surface area contributed by atoms with Crippen molar-refractivity contribution in [1.29, 1.82) is 0 Å². The van der Waals surface area contributed by atoms with Crippen LogP contribution in [0.4, 0.5) is 0 Å². The number of nitrogens with zero attached hydrogens (tertiary/aromatic N) is 1. The van der Waals surface area contributed by atoms with Crippen LogP contribution in [0.25, 0.3) is 0 Å². The lowest BCUT2D eigenvalue weighted by atomic mass is 9.67. The summed E-state index contributed by atoms with van der Waals surface area (Å²) in [5.74, 6) is 0.771. The Morgan fingerprint density at radius 3 is 2.89 bits per heavy atom. The third kappa shape index (κ3) is 3.14. The van der Waals surface area contributed by atoms with Crippen LogP contribution in [0.15, 0.2) is 18.3 Å². The molecule has 1 aromatic rings. The summed E-state index contributed by atoms with van der Waals surface area (Å²) < 4.78 is 0. The molecule has 0 spiro atoms. The lowest BCUT2D eigenvalue weighted by Crippen LogP contribution is -2.35. The van der Waals surface area contributed by atoms with E-state index in [0.717, 1.165) is 12.3 Å². The Morgan fingerprint density at radius 1 is 1.44 bits per heavy atom. The molecule has 2 rings (SSSR count). The van der Waals surface area contributed by atoms with Gasteiger partial charge in [0.1, 0.15) is 0 Å². The highest BCUT2D eigenvalue weighted by Crippen LogP contribution is 2.45. The van der Waals surface area contributed by atoms with Crippen molar-refractivity contribution in [3.05, 3.63) is 29.6 Å². The van der Waals surface area contributed by atoms with E-state index in [4.69, 9.17) is 0 Å². The van der Waals surface area contributed by atoms with E-state index in [1.165, 1.54) is 36.9 Å². The van der Waals surface area contributed by atoms with Crippen LogP contribution in [0.5, 0.6) is 0 Å². The fourth-order valence-corrected chi connectivity index (χ4v) is 4.54. The van der Waals surface area contributed by atoms with Crippen LogP contribution < -0.4 is 0 Å². The average Bonchev–Trinajstić information content (AvgIpc) is 2.31. The van der Waals surface area contributed by atoms with Crippen molar-refractivity contribution in [3.63, 3.8) is 0 Å². The minimum absolute atomic E-state index is 0.467. The maximum Gasteiger partial charge on any atom is 0.0443 e. The molecule has 1 aliphatic rings. The van der Waals surface area contributed by atoms with Gasteiger partial charge in [0.05, 0.1) is 0 Å². The van der Waals surface area contributed by atoms with Crippen molar-refractivity contribution in [2.75, 3.05) is 0 Å². The van der Waals surface area contributed by atoms with Crippen LogP contribution in [0.1, 0.15) is 50.8 Å². The fourth-order valence-electron chi connectivity index (χ4n) is 3.25. The Bertz CT molecular complexity index is 400. The lowest BCUT2D eigenvalue weighted by molar-refractivity contribution is 0.136. The van der Waals surface area contributed by atoms with E-state index in [0.29, 0.717) is 10.2 Å². The van der Waals surface area contributed by atoms with Crippen molar-refractivity contribution in [3.8, 4) is 0 Å². The number of rotatable bonds is 3. The summed E-state index contributed by atoms with van der Waals surface area (Å²) >= 11 is 3.95. The summed E-state index contributed by atoms with van der Waals surface area (Å²) in [7, 11) is 0. The molecule has 1 nitrogen and oxygen atoms in total. The molecule has 2 atom stereocenters. The van der Waals surface area contributed by atoms with Crippen LogP contribution in [0.2, 0.25) is 0 Å². The Morgan fingerprint density at radius 2 is 2.22 bits per heavy atom. The van der Waals surface area contributed by atoms with E-state index in [9.17, 15) is 0 Å². The van der Waals surface area contributed by atoms with Gasteiger partial charge >= 0.3 is 0 Å². The van der Waals surface area contributed by atoms with Crippen molar-refractivity contribution in [2.24, 2.45) is 11.3 Å². The van der Waals surface area contributed by atoms with Gasteiger partial charge in [-0.15, -0.1) is 0 Å². The third-order valence-corrected chi connectivity index (χ3v) is 5.49. The molecule has 2 heteroatoms. The number of aromatic nitrogens is 1. The number of pyridine rings is 1. The van der Waals surface area contributed by atoms with Gasteiger partial charge in [0.25, 0.3) is 0 Å². The molecule has 1 fully saturated rings. The van der Waals surface area contributed by atoms with Crippen molar-refractivity contribution < 1.29 is 0 Å². The van der Waals surface area contributed by atoms with Crippen LogP contribution >= 0.6 is 15.9 Å². The normalized spacial score (nSPS) is 24.8. The Balaban J connectivity index is 2.07. The van der Waals surface area contributed by atoms with E-state index in [-0.39, 0.29) is 0 Å². The molecule has 0 bridgehead atoms. The smallest absolute Gasteiger partial charge is 0.0443 e. The Kier molecular flexibility index (Phi) is 4.47. The summed E-state index contributed by atoms with van der Waals surface area (Å²) in [6.45, 7) is 7.01. The number of aryl methyl sites for hydroxylation is 1.